The van der Waals surface area contributed by atoms with Gasteiger partial charge in [0.25, 0.3) is 0 Å². The Morgan fingerprint density at radius 3 is 2.52 bits per heavy atom. The molecule has 134 valence electrons. The van der Waals surface area contributed by atoms with Crippen LogP contribution in [0.15, 0.2) is 72.8 Å². The number of nitrogens with one attached hydrogen (secondary N) is 1. The molecule has 1 heterocycles. The molecule has 3 nitrogen and oxygen atoms in total. The van der Waals surface area contributed by atoms with Crippen LogP contribution in [0, 0.1) is 5.82 Å². The van der Waals surface area contributed by atoms with Crippen LogP contribution in [-0.2, 0) is 0 Å². The van der Waals surface area contributed by atoms with Crippen LogP contribution in [0.25, 0.3) is 22.2 Å². The van der Waals surface area contributed by atoms with Crippen LogP contribution in [0.1, 0.15) is 0 Å². The lowest BCUT2D eigenvalue weighted by Gasteiger charge is -2.13. The van der Waals surface area contributed by atoms with E-state index in [-0.39, 0.29) is 5.82 Å². The fourth-order valence-corrected chi connectivity index (χ4v) is 3.14. The van der Waals surface area contributed by atoms with Crippen molar-refractivity contribution in [2.45, 2.75) is 0 Å². The lowest BCUT2D eigenvalue weighted by Crippen LogP contribution is -1.96. The van der Waals surface area contributed by atoms with Gasteiger partial charge >= 0.3 is 0 Å². The number of nitrogens with zero attached hydrogens (tertiary/aromatic N) is 1. The van der Waals surface area contributed by atoms with E-state index in [9.17, 15) is 4.39 Å². The van der Waals surface area contributed by atoms with Gasteiger partial charge in [-0.15, -0.1) is 0 Å². The van der Waals surface area contributed by atoms with Crippen molar-refractivity contribution in [3.05, 3.63) is 83.6 Å². The molecule has 1 aromatic heterocycles. The maximum absolute atomic E-state index is 13.3. The van der Waals surface area contributed by atoms with Gasteiger partial charge in [0.1, 0.15) is 11.6 Å². The first-order valence-electron chi connectivity index (χ1n) is 8.40. The van der Waals surface area contributed by atoms with Gasteiger partial charge in [0.05, 0.1) is 29.0 Å². The molecular weight excluding hydrogens is 363 g/mol. The molecule has 4 rings (SSSR count). The smallest absolute Gasteiger partial charge is 0.139 e. The maximum atomic E-state index is 13.3. The Morgan fingerprint density at radius 1 is 0.963 bits per heavy atom. The topological polar surface area (TPSA) is 34.1 Å². The molecule has 5 heteroatoms. The molecule has 27 heavy (non-hydrogen) atoms. The van der Waals surface area contributed by atoms with Gasteiger partial charge in [0.15, 0.2) is 0 Å². The van der Waals surface area contributed by atoms with Crippen LogP contribution in [0.2, 0.25) is 5.02 Å². The summed E-state index contributed by atoms with van der Waals surface area (Å²) in [6.07, 6.45) is 0. The molecule has 0 aliphatic rings. The average Bonchev–Trinajstić information content (AvgIpc) is 2.70. The number of benzene rings is 3. The minimum atomic E-state index is -0.272. The van der Waals surface area contributed by atoms with Gasteiger partial charge in [-0.1, -0.05) is 29.8 Å². The second-order valence-electron chi connectivity index (χ2n) is 6.05. The van der Waals surface area contributed by atoms with Crippen LogP contribution in [-0.4, -0.2) is 12.1 Å². The summed E-state index contributed by atoms with van der Waals surface area (Å²) < 4.78 is 18.6. The minimum Gasteiger partial charge on any atom is -0.495 e. The van der Waals surface area contributed by atoms with Crippen molar-refractivity contribution in [2.24, 2.45) is 0 Å². The summed E-state index contributed by atoms with van der Waals surface area (Å²) >= 11 is 6.12. The second-order valence-corrected chi connectivity index (χ2v) is 6.46. The summed E-state index contributed by atoms with van der Waals surface area (Å²) in [6.45, 7) is 0. The van der Waals surface area contributed by atoms with E-state index in [0.717, 1.165) is 33.5 Å². The highest BCUT2D eigenvalue weighted by molar-refractivity contribution is 6.32. The van der Waals surface area contributed by atoms with Crippen molar-refractivity contribution < 1.29 is 9.13 Å². The van der Waals surface area contributed by atoms with Gasteiger partial charge in [-0.3, -0.25) is 0 Å². The number of para-hydroxylation sites is 1. The molecule has 4 aromatic rings. The highest BCUT2D eigenvalue weighted by Gasteiger charge is 2.09. The zero-order valence-corrected chi connectivity index (χ0v) is 15.3. The maximum Gasteiger partial charge on any atom is 0.139 e. The number of halogens is 2. The molecule has 0 saturated carbocycles. The molecule has 0 fully saturated rings. The van der Waals surface area contributed by atoms with Crippen molar-refractivity contribution >= 4 is 33.9 Å². The predicted octanol–water partition coefficient (Wildman–Crippen LogP) is 6.45. The Hall–Kier alpha value is -3.11. The van der Waals surface area contributed by atoms with E-state index in [4.69, 9.17) is 21.3 Å². The van der Waals surface area contributed by atoms with E-state index < -0.39 is 0 Å². The fraction of sp³-hybridized carbons (Fsp3) is 0.0455. The number of pyridine rings is 1. The third-order valence-electron chi connectivity index (χ3n) is 4.29. The van der Waals surface area contributed by atoms with Gasteiger partial charge in [-0.25, -0.2) is 9.37 Å². The van der Waals surface area contributed by atoms with Crippen molar-refractivity contribution in [3.8, 4) is 17.0 Å². The second kappa shape index (κ2) is 7.25. The van der Waals surface area contributed by atoms with Crippen molar-refractivity contribution in [2.75, 3.05) is 12.4 Å². The van der Waals surface area contributed by atoms with E-state index in [2.05, 4.69) is 5.32 Å². The average molecular weight is 379 g/mol. The number of fused-ring (bicyclic) bond motifs is 1. The molecule has 0 amide bonds. The van der Waals surface area contributed by atoms with E-state index in [1.165, 1.54) is 12.1 Å². The van der Waals surface area contributed by atoms with E-state index in [1.54, 1.807) is 25.3 Å². The Kier molecular flexibility index (Phi) is 4.65. The first-order valence-corrected chi connectivity index (χ1v) is 8.78. The minimum absolute atomic E-state index is 0.272. The summed E-state index contributed by atoms with van der Waals surface area (Å²) in [5.74, 6) is 0.324. The van der Waals surface area contributed by atoms with Crippen molar-refractivity contribution in [3.63, 3.8) is 0 Å². The predicted molar refractivity (Wildman–Crippen MR) is 108 cm³/mol. The Bertz CT molecular complexity index is 1110. The SMILES string of the molecule is COc1cc(Nc2cc(-c3ccc(F)cc3)nc3ccccc23)ccc1Cl. The third-order valence-corrected chi connectivity index (χ3v) is 4.60. The zero-order valence-electron chi connectivity index (χ0n) is 14.5. The Morgan fingerprint density at radius 2 is 1.74 bits per heavy atom. The lowest BCUT2D eigenvalue weighted by molar-refractivity contribution is 0.415. The third kappa shape index (κ3) is 3.57. The monoisotopic (exact) mass is 378 g/mol. The molecular formula is C22H16ClFN2O. The molecule has 0 radical (unpaired) electrons. The molecule has 0 bridgehead atoms. The van der Waals surface area contributed by atoms with Gasteiger partial charge < -0.3 is 10.1 Å². The lowest BCUT2D eigenvalue weighted by atomic mass is 10.1. The van der Waals surface area contributed by atoms with Crippen molar-refractivity contribution in [1.29, 1.82) is 0 Å². The molecule has 0 spiro atoms. The van der Waals surface area contributed by atoms with Crippen LogP contribution in [0.3, 0.4) is 0 Å². The molecule has 0 aliphatic heterocycles. The molecule has 0 atom stereocenters. The normalized spacial score (nSPS) is 10.8. The number of aromatic nitrogens is 1. The summed E-state index contributed by atoms with van der Waals surface area (Å²) in [5, 5.41) is 4.95. The number of hydrogen-bond acceptors (Lipinski definition) is 3. The highest BCUT2D eigenvalue weighted by Crippen LogP contribution is 2.33. The summed E-state index contributed by atoms with van der Waals surface area (Å²) in [4.78, 5) is 4.72. The van der Waals surface area contributed by atoms with Crippen LogP contribution in [0.4, 0.5) is 15.8 Å². The standard InChI is InChI=1S/C22H16ClFN2O/c1-27-22-12-16(10-11-18(22)23)25-21-13-20(14-6-8-15(24)9-7-14)26-19-5-3-2-4-17(19)21/h2-13H,1H3,(H,25,26). The summed E-state index contributed by atoms with van der Waals surface area (Å²) in [6, 6.07) is 21.7. The zero-order chi connectivity index (χ0) is 18.8. The van der Waals surface area contributed by atoms with Crippen LogP contribution < -0.4 is 10.1 Å². The van der Waals surface area contributed by atoms with Gasteiger partial charge in [-0.05, 0) is 48.5 Å². The number of methoxy groups -OCH3 is 1. The molecule has 1 N–H and O–H groups in total. The van der Waals surface area contributed by atoms with E-state index in [0.29, 0.717) is 10.8 Å². The van der Waals surface area contributed by atoms with E-state index >= 15 is 0 Å². The van der Waals surface area contributed by atoms with Gasteiger partial charge in [0, 0.05) is 22.7 Å². The first kappa shape index (κ1) is 17.3. The Labute approximate surface area is 161 Å². The largest absolute Gasteiger partial charge is 0.495 e. The fourth-order valence-electron chi connectivity index (χ4n) is 2.94. The van der Waals surface area contributed by atoms with Crippen LogP contribution in [0.5, 0.6) is 5.75 Å². The molecule has 3 aromatic carbocycles. The number of anilines is 2. The first-order chi connectivity index (χ1) is 13.1. The molecule has 0 aliphatic carbocycles. The number of hydrogen-bond donors (Lipinski definition) is 1. The van der Waals surface area contributed by atoms with Crippen molar-refractivity contribution in [1.82, 2.24) is 4.98 Å². The number of ether oxygens (including phenoxy) is 1. The molecule has 0 saturated heterocycles. The van der Waals surface area contributed by atoms with Gasteiger partial charge in [0.2, 0.25) is 0 Å². The van der Waals surface area contributed by atoms with Gasteiger partial charge in [-0.2, -0.15) is 0 Å². The summed E-state index contributed by atoms with van der Waals surface area (Å²) in [7, 11) is 1.58. The number of rotatable bonds is 4. The van der Waals surface area contributed by atoms with E-state index in [1.807, 2.05) is 42.5 Å². The summed E-state index contributed by atoms with van der Waals surface area (Å²) in [5.41, 5.74) is 4.20. The Balaban J connectivity index is 1.82. The quantitative estimate of drug-likeness (QED) is 0.443. The highest BCUT2D eigenvalue weighted by atomic mass is 35.5. The molecule has 0 unspecified atom stereocenters. The van der Waals surface area contributed by atoms with Crippen LogP contribution >= 0.6 is 11.6 Å².